The Morgan fingerprint density at radius 1 is 1.35 bits per heavy atom. The van der Waals surface area contributed by atoms with Crippen LogP contribution < -0.4 is 0 Å². The van der Waals surface area contributed by atoms with Gasteiger partial charge in [0.2, 0.25) is 0 Å². The average Bonchev–Trinajstić information content (AvgIpc) is 2.92. The molecule has 0 saturated heterocycles. The van der Waals surface area contributed by atoms with E-state index in [0.717, 1.165) is 33.1 Å². The Hall–Kier alpha value is -1.72. The smallest absolute Gasteiger partial charge is 0.119 e. The van der Waals surface area contributed by atoms with Gasteiger partial charge in [0.25, 0.3) is 0 Å². The van der Waals surface area contributed by atoms with Gasteiger partial charge >= 0.3 is 0 Å². The molecule has 5 heteroatoms. The van der Waals surface area contributed by atoms with Crippen LogP contribution in [0.3, 0.4) is 0 Å². The number of imidazole rings is 1. The number of rotatable bonds is 2. The average molecular weight is 245 g/mol. The molecular weight excluding hydrogens is 234 g/mol. The maximum atomic E-state index is 9.00. The van der Waals surface area contributed by atoms with E-state index in [0.29, 0.717) is 0 Å². The lowest BCUT2D eigenvalue weighted by atomic mass is 10.1. The van der Waals surface area contributed by atoms with Gasteiger partial charge in [-0.3, -0.25) is 0 Å². The first-order valence-electron chi connectivity index (χ1n) is 5.28. The molecule has 0 atom stereocenters. The number of aromatic nitrogens is 3. The molecule has 0 bridgehead atoms. The molecule has 1 aromatic carbocycles. The van der Waals surface area contributed by atoms with E-state index in [1.807, 2.05) is 30.5 Å². The Kier molecular flexibility index (Phi) is 2.42. The van der Waals surface area contributed by atoms with Crippen LogP contribution in [0.25, 0.3) is 22.3 Å². The number of nitrogens with one attached hydrogen (secondary N) is 1. The Morgan fingerprint density at radius 2 is 2.24 bits per heavy atom. The second-order valence-electron chi connectivity index (χ2n) is 3.84. The van der Waals surface area contributed by atoms with Crippen molar-refractivity contribution in [2.45, 2.75) is 13.5 Å². The number of hydrogen-bond donors (Lipinski definition) is 2. The zero-order valence-corrected chi connectivity index (χ0v) is 10.1. The fraction of sp³-hybridized carbons (Fsp3) is 0.167. The van der Waals surface area contributed by atoms with Crippen molar-refractivity contribution >= 4 is 22.4 Å². The topological polar surface area (TPSA) is 61.8 Å². The summed E-state index contributed by atoms with van der Waals surface area (Å²) in [7, 11) is 0. The number of H-pyrrole nitrogens is 1. The highest BCUT2D eigenvalue weighted by molar-refractivity contribution is 7.09. The normalized spacial score (nSPS) is 11.2. The molecular formula is C12H11N3OS. The molecule has 0 saturated carbocycles. The molecule has 3 aromatic rings. The molecule has 0 aliphatic heterocycles. The molecule has 0 spiro atoms. The maximum Gasteiger partial charge on any atom is 0.119 e. The predicted octanol–water partition coefficient (Wildman–Crippen LogP) is 2.49. The van der Waals surface area contributed by atoms with Gasteiger partial charge in [-0.25, -0.2) is 9.97 Å². The summed E-state index contributed by atoms with van der Waals surface area (Å²) in [6.45, 7) is 1.93. The molecule has 17 heavy (non-hydrogen) atoms. The van der Waals surface area contributed by atoms with Crippen molar-refractivity contribution in [3.8, 4) is 11.3 Å². The summed E-state index contributed by atoms with van der Waals surface area (Å²) in [6.07, 6.45) is 0. The molecule has 0 aliphatic carbocycles. The summed E-state index contributed by atoms with van der Waals surface area (Å²) in [4.78, 5) is 11.9. The Labute approximate surface area is 102 Å². The van der Waals surface area contributed by atoms with Gasteiger partial charge in [-0.15, -0.1) is 11.3 Å². The van der Waals surface area contributed by atoms with Crippen molar-refractivity contribution in [2.75, 3.05) is 0 Å². The Bertz CT molecular complexity index is 671. The Balaban J connectivity index is 2.10. The summed E-state index contributed by atoms with van der Waals surface area (Å²) in [5.74, 6) is 0.909. The van der Waals surface area contributed by atoms with Gasteiger partial charge in [-0.05, 0) is 19.1 Å². The number of thiazole rings is 1. The molecule has 2 N–H and O–H groups in total. The van der Waals surface area contributed by atoms with Gasteiger partial charge in [0.1, 0.15) is 10.8 Å². The lowest BCUT2D eigenvalue weighted by molar-refractivity contribution is 0.281. The number of aliphatic hydroxyl groups excluding tert-OH is 1. The SMILES string of the molecule is Cc1nc2ccc(-c3csc(CO)n3)cc2[nH]1. The molecule has 0 fully saturated rings. The number of aliphatic hydroxyl groups is 1. The lowest BCUT2D eigenvalue weighted by Crippen LogP contribution is -1.82. The van der Waals surface area contributed by atoms with Crippen LogP contribution >= 0.6 is 11.3 Å². The number of fused-ring (bicyclic) bond motifs is 1. The molecule has 0 unspecified atom stereocenters. The zero-order chi connectivity index (χ0) is 11.8. The molecule has 4 nitrogen and oxygen atoms in total. The van der Waals surface area contributed by atoms with Crippen molar-refractivity contribution in [2.24, 2.45) is 0 Å². The third kappa shape index (κ3) is 1.83. The molecule has 86 valence electrons. The third-order valence-electron chi connectivity index (χ3n) is 2.58. The van der Waals surface area contributed by atoms with Crippen molar-refractivity contribution < 1.29 is 5.11 Å². The van der Waals surface area contributed by atoms with Crippen LogP contribution in [0.5, 0.6) is 0 Å². The number of benzene rings is 1. The van der Waals surface area contributed by atoms with E-state index >= 15 is 0 Å². The minimum Gasteiger partial charge on any atom is -0.389 e. The number of aryl methyl sites for hydroxylation is 1. The molecule has 0 radical (unpaired) electrons. The molecule has 2 aromatic heterocycles. The minimum atomic E-state index is -0.00389. The highest BCUT2D eigenvalue weighted by atomic mass is 32.1. The largest absolute Gasteiger partial charge is 0.389 e. The minimum absolute atomic E-state index is 0.00389. The second kappa shape index (κ2) is 3.94. The lowest BCUT2D eigenvalue weighted by Gasteiger charge is -1.96. The second-order valence-corrected chi connectivity index (χ2v) is 4.78. The van der Waals surface area contributed by atoms with Crippen LogP contribution in [-0.2, 0) is 6.61 Å². The van der Waals surface area contributed by atoms with E-state index < -0.39 is 0 Å². The van der Waals surface area contributed by atoms with Crippen LogP contribution in [0.1, 0.15) is 10.8 Å². The van der Waals surface area contributed by atoms with Crippen LogP contribution in [0, 0.1) is 6.92 Å². The summed E-state index contributed by atoms with van der Waals surface area (Å²) in [5.41, 5.74) is 3.91. The van der Waals surface area contributed by atoms with Gasteiger partial charge in [-0.1, -0.05) is 6.07 Å². The van der Waals surface area contributed by atoms with Crippen LogP contribution in [-0.4, -0.2) is 20.1 Å². The maximum absolute atomic E-state index is 9.00. The molecule has 0 amide bonds. The van der Waals surface area contributed by atoms with Gasteiger partial charge in [0.05, 0.1) is 23.3 Å². The standard InChI is InChI=1S/C12H11N3OS/c1-7-13-9-3-2-8(4-10(9)14-7)11-6-17-12(5-16)15-11/h2-4,6,16H,5H2,1H3,(H,13,14). The monoisotopic (exact) mass is 245 g/mol. The fourth-order valence-electron chi connectivity index (χ4n) is 1.81. The predicted molar refractivity (Wildman–Crippen MR) is 67.9 cm³/mol. The van der Waals surface area contributed by atoms with Gasteiger partial charge in [-0.2, -0.15) is 0 Å². The van der Waals surface area contributed by atoms with Crippen LogP contribution in [0.2, 0.25) is 0 Å². The first-order chi connectivity index (χ1) is 8.26. The highest BCUT2D eigenvalue weighted by Gasteiger charge is 2.06. The number of nitrogens with zero attached hydrogens (tertiary/aromatic N) is 2. The third-order valence-corrected chi connectivity index (χ3v) is 3.42. The van der Waals surface area contributed by atoms with Crippen molar-refractivity contribution in [3.63, 3.8) is 0 Å². The van der Waals surface area contributed by atoms with Gasteiger partial charge in [0.15, 0.2) is 0 Å². The molecule has 3 rings (SSSR count). The zero-order valence-electron chi connectivity index (χ0n) is 9.27. The van der Waals surface area contributed by atoms with Gasteiger partial charge < -0.3 is 10.1 Å². The van der Waals surface area contributed by atoms with E-state index in [4.69, 9.17) is 5.11 Å². The van der Waals surface area contributed by atoms with Crippen molar-refractivity contribution in [3.05, 3.63) is 34.4 Å². The van der Waals surface area contributed by atoms with Crippen molar-refractivity contribution in [1.29, 1.82) is 0 Å². The van der Waals surface area contributed by atoms with E-state index in [2.05, 4.69) is 15.0 Å². The quantitative estimate of drug-likeness (QED) is 0.729. The fourth-order valence-corrected chi connectivity index (χ4v) is 2.47. The first-order valence-corrected chi connectivity index (χ1v) is 6.16. The summed E-state index contributed by atoms with van der Waals surface area (Å²) in [5, 5.41) is 11.7. The summed E-state index contributed by atoms with van der Waals surface area (Å²) >= 11 is 1.47. The van der Waals surface area contributed by atoms with E-state index in [9.17, 15) is 0 Å². The van der Waals surface area contributed by atoms with Gasteiger partial charge in [0, 0.05) is 10.9 Å². The van der Waals surface area contributed by atoms with E-state index in [1.165, 1.54) is 11.3 Å². The number of hydrogen-bond acceptors (Lipinski definition) is 4. The van der Waals surface area contributed by atoms with Crippen LogP contribution in [0.4, 0.5) is 0 Å². The highest BCUT2D eigenvalue weighted by Crippen LogP contribution is 2.24. The van der Waals surface area contributed by atoms with Crippen LogP contribution in [0.15, 0.2) is 23.6 Å². The van der Waals surface area contributed by atoms with Crippen molar-refractivity contribution in [1.82, 2.24) is 15.0 Å². The summed E-state index contributed by atoms with van der Waals surface area (Å²) in [6, 6.07) is 6.01. The Morgan fingerprint density at radius 3 is 3.00 bits per heavy atom. The first kappa shape index (κ1) is 10.4. The summed E-state index contributed by atoms with van der Waals surface area (Å²) < 4.78 is 0. The molecule has 0 aliphatic rings. The van der Waals surface area contributed by atoms with E-state index in [1.54, 1.807) is 0 Å². The molecule has 2 heterocycles. The van der Waals surface area contributed by atoms with E-state index in [-0.39, 0.29) is 6.61 Å². The number of aromatic amines is 1.